The Labute approximate surface area is 161 Å². The molecule has 0 bridgehead atoms. The van der Waals surface area contributed by atoms with Crippen LogP contribution in [-0.4, -0.2) is 61.8 Å². The number of piperazine rings is 1. The number of anilines is 1. The first-order valence-corrected chi connectivity index (χ1v) is 10.4. The molecule has 27 heavy (non-hydrogen) atoms. The summed E-state index contributed by atoms with van der Waals surface area (Å²) in [5.41, 5.74) is -0.139. The van der Waals surface area contributed by atoms with E-state index in [4.69, 9.17) is 9.47 Å². The van der Waals surface area contributed by atoms with Gasteiger partial charge < -0.3 is 14.4 Å². The van der Waals surface area contributed by atoms with E-state index in [-0.39, 0.29) is 17.5 Å². The van der Waals surface area contributed by atoms with Gasteiger partial charge in [0.2, 0.25) is 0 Å². The number of aromatic nitrogens is 1. The van der Waals surface area contributed by atoms with Crippen LogP contribution in [0, 0.1) is 5.41 Å². The average Bonchev–Trinajstić information content (AvgIpc) is 3.02. The molecule has 4 rings (SSSR count). The normalized spacial score (nSPS) is 25.6. The largest absolute Gasteiger partial charge is 0.497 e. The summed E-state index contributed by atoms with van der Waals surface area (Å²) in [7, 11) is 1.68. The fraction of sp³-hybridized carbons (Fsp3) is 0.714. The Kier molecular flexibility index (Phi) is 5.53. The van der Waals surface area contributed by atoms with E-state index in [1.54, 1.807) is 13.3 Å². The molecule has 1 spiro atoms. The summed E-state index contributed by atoms with van der Waals surface area (Å²) in [5.74, 6) is 1.92. The number of hydrogen-bond acceptors (Lipinski definition) is 6. The van der Waals surface area contributed by atoms with E-state index in [0.29, 0.717) is 0 Å². The molecule has 3 heterocycles. The summed E-state index contributed by atoms with van der Waals surface area (Å²) < 4.78 is 11.1. The minimum atomic E-state index is -0.139. The van der Waals surface area contributed by atoms with Crippen molar-refractivity contribution in [2.75, 3.05) is 44.7 Å². The van der Waals surface area contributed by atoms with Crippen molar-refractivity contribution in [2.45, 2.75) is 51.0 Å². The highest BCUT2D eigenvalue weighted by atomic mass is 16.6. The van der Waals surface area contributed by atoms with Gasteiger partial charge in [-0.25, -0.2) is 4.98 Å². The first kappa shape index (κ1) is 18.5. The molecule has 0 aromatic carbocycles. The second-order valence-corrected chi connectivity index (χ2v) is 8.24. The predicted octanol–water partition coefficient (Wildman–Crippen LogP) is 2.87. The SMILES string of the molecule is COc1ccnc(N2CCN(CC[C@@H]3CC4(CCCCC4)C(=O)O3)CC2)c1. The van der Waals surface area contributed by atoms with E-state index in [2.05, 4.69) is 14.8 Å². The number of esters is 1. The van der Waals surface area contributed by atoms with Crippen molar-refractivity contribution in [3.8, 4) is 5.75 Å². The molecule has 0 unspecified atom stereocenters. The molecule has 0 amide bonds. The number of hydrogen-bond donors (Lipinski definition) is 0. The molecule has 6 nitrogen and oxygen atoms in total. The number of methoxy groups -OCH3 is 1. The van der Waals surface area contributed by atoms with Crippen molar-refractivity contribution in [2.24, 2.45) is 5.41 Å². The van der Waals surface area contributed by atoms with Gasteiger partial charge in [0.15, 0.2) is 0 Å². The van der Waals surface area contributed by atoms with Crippen LogP contribution in [0.2, 0.25) is 0 Å². The van der Waals surface area contributed by atoms with Crippen LogP contribution in [-0.2, 0) is 9.53 Å². The predicted molar refractivity (Wildman–Crippen MR) is 104 cm³/mol. The number of carbonyl (C=O) groups excluding carboxylic acids is 1. The lowest BCUT2D eigenvalue weighted by Crippen LogP contribution is -2.47. The Bertz CT molecular complexity index is 652. The second kappa shape index (κ2) is 8.05. The van der Waals surface area contributed by atoms with Gasteiger partial charge >= 0.3 is 5.97 Å². The van der Waals surface area contributed by atoms with Gasteiger partial charge in [0, 0.05) is 51.4 Å². The lowest BCUT2D eigenvalue weighted by atomic mass is 9.72. The highest BCUT2D eigenvalue weighted by Crippen LogP contribution is 2.46. The Morgan fingerprint density at radius 1 is 1.22 bits per heavy atom. The van der Waals surface area contributed by atoms with Crippen LogP contribution in [0.4, 0.5) is 5.82 Å². The number of nitrogens with zero attached hydrogens (tertiary/aromatic N) is 3. The summed E-state index contributed by atoms with van der Waals surface area (Å²) >= 11 is 0. The third kappa shape index (κ3) is 4.05. The minimum absolute atomic E-state index is 0.0844. The van der Waals surface area contributed by atoms with Gasteiger partial charge in [-0.2, -0.15) is 0 Å². The smallest absolute Gasteiger partial charge is 0.312 e. The zero-order chi connectivity index (χ0) is 18.7. The van der Waals surface area contributed by atoms with Crippen molar-refractivity contribution in [3.05, 3.63) is 18.3 Å². The zero-order valence-electron chi connectivity index (χ0n) is 16.4. The minimum Gasteiger partial charge on any atom is -0.497 e. The lowest BCUT2D eigenvalue weighted by molar-refractivity contribution is -0.150. The van der Waals surface area contributed by atoms with E-state index in [1.165, 1.54) is 19.3 Å². The molecule has 148 valence electrons. The van der Waals surface area contributed by atoms with E-state index < -0.39 is 0 Å². The molecule has 3 aliphatic rings. The summed E-state index contributed by atoms with van der Waals surface area (Å²) in [4.78, 5) is 21.7. The van der Waals surface area contributed by atoms with E-state index in [0.717, 1.165) is 70.0 Å². The van der Waals surface area contributed by atoms with Gasteiger partial charge in [0.1, 0.15) is 17.7 Å². The highest BCUT2D eigenvalue weighted by molar-refractivity contribution is 5.79. The van der Waals surface area contributed by atoms with Crippen LogP contribution in [0.1, 0.15) is 44.9 Å². The molecule has 0 N–H and O–H groups in total. The number of cyclic esters (lactones) is 1. The van der Waals surface area contributed by atoms with Crippen LogP contribution >= 0.6 is 0 Å². The third-order valence-corrected chi connectivity index (χ3v) is 6.55. The van der Waals surface area contributed by atoms with Crippen molar-refractivity contribution < 1.29 is 14.3 Å². The molecular formula is C21H31N3O3. The molecule has 3 fully saturated rings. The standard InChI is InChI=1S/C21H31N3O3/c1-26-17-5-9-22-19(15-17)24-13-11-23(12-14-24)10-6-18-16-21(20(25)27-18)7-3-2-4-8-21/h5,9,15,18H,2-4,6-8,10-14,16H2,1H3/t18-/m1/s1. The Morgan fingerprint density at radius 2 is 2.00 bits per heavy atom. The van der Waals surface area contributed by atoms with Gasteiger partial charge in [0.05, 0.1) is 12.5 Å². The summed E-state index contributed by atoms with van der Waals surface area (Å²) in [5, 5.41) is 0. The highest BCUT2D eigenvalue weighted by Gasteiger charge is 2.48. The molecule has 1 aliphatic carbocycles. The van der Waals surface area contributed by atoms with Crippen LogP contribution in [0.15, 0.2) is 18.3 Å². The van der Waals surface area contributed by atoms with Crippen LogP contribution < -0.4 is 9.64 Å². The molecular weight excluding hydrogens is 342 g/mol. The number of pyridine rings is 1. The fourth-order valence-electron chi connectivity index (χ4n) is 4.86. The Balaban J connectivity index is 1.23. The molecule has 2 saturated heterocycles. The summed E-state index contributed by atoms with van der Waals surface area (Å²) in [6, 6.07) is 3.87. The summed E-state index contributed by atoms with van der Waals surface area (Å²) in [6.07, 6.45) is 9.54. The van der Waals surface area contributed by atoms with Gasteiger partial charge in [-0.05, 0) is 25.3 Å². The molecule has 1 aromatic heterocycles. The number of ether oxygens (including phenoxy) is 2. The fourth-order valence-corrected chi connectivity index (χ4v) is 4.86. The maximum atomic E-state index is 12.4. The quantitative estimate of drug-likeness (QED) is 0.740. The zero-order valence-corrected chi connectivity index (χ0v) is 16.4. The third-order valence-electron chi connectivity index (χ3n) is 6.55. The van der Waals surface area contributed by atoms with Crippen LogP contribution in [0.5, 0.6) is 5.75 Å². The van der Waals surface area contributed by atoms with Gasteiger partial charge in [-0.15, -0.1) is 0 Å². The van der Waals surface area contributed by atoms with E-state index in [9.17, 15) is 4.79 Å². The molecule has 1 saturated carbocycles. The van der Waals surface area contributed by atoms with Gasteiger partial charge in [0.25, 0.3) is 0 Å². The Morgan fingerprint density at radius 3 is 2.74 bits per heavy atom. The first-order valence-electron chi connectivity index (χ1n) is 10.4. The maximum Gasteiger partial charge on any atom is 0.312 e. The maximum absolute atomic E-state index is 12.4. The second-order valence-electron chi connectivity index (χ2n) is 8.24. The van der Waals surface area contributed by atoms with Gasteiger partial charge in [-0.1, -0.05) is 19.3 Å². The molecule has 1 atom stereocenters. The number of carbonyl (C=O) groups is 1. The van der Waals surface area contributed by atoms with Crippen LogP contribution in [0.3, 0.4) is 0 Å². The van der Waals surface area contributed by atoms with E-state index >= 15 is 0 Å². The van der Waals surface area contributed by atoms with Gasteiger partial charge in [-0.3, -0.25) is 9.69 Å². The van der Waals surface area contributed by atoms with Crippen molar-refractivity contribution in [1.82, 2.24) is 9.88 Å². The molecule has 6 heteroatoms. The number of rotatable bonds is 5. The monoisotopic (exact) mass is 373 g/mol. The van der Waals surface area contributed by atoms with Crippen LogP contribution in [0.25, 0.3) is 0 Å². The average molecular weight is 373 g/mol. The lowest BCUT2D eigenvalue weighted by Gasteiger charge is -2.35. The first-order chi connectivity index (χ1) is 13.2. The van der Waals surface area contributed by atoms with Crippen molar-refractivity contribution in [1.29, 1.82) is 0 Å². The molecule has 2 aliphatic heterocycles. The molecule has 1 aromatic rings. The molecule has 0 radical (unpaired) electrons. The van der Waals surface area contributed by atoms with E-state index in [1.807, 2.05) is 12.1 Å². The van der Waals surface area contributed by atoms with Crippen molar-refractivity contribution in [3.63, 3.8) is 0 Å². The Hall–Kier alpha value is -1.82. The van der Waals surface area contributed by atoms with Crippen molar-refractivity contribution >= 4 is 11.8 Å². The topological polar surface area (TPSA) is 54.9 Å². The summed E-state index contributed by atoms with van der Waals surface area (Å²) in [6.45, 7) is 4.98.